The first kappa shape index (κ1) is 19.2. The molecule has 1 heterocycles. The molecule has 0 radical (unpaired) electrons. The Kier molecular flexibility index (Phi) is 4.76. The smallest absolute Gasteiger partial charge is 0.222 e. The first-order chi connectivity index (χ1) is 12.8. The van der Waals surface area contributed by atoms with Gasteiger partial charge in [-0.1, -0.05) is 31.5 Å². The second-order valence-corrected chi connectivity index (χ2v) is 9.39. The van der Waals surface area contributed by atoms with Crippen LogP contribution in [-0.4, -0.2) is 30.3 Å². The average molecular weight is 396 g/mol. The maximum atomic E-state index is 13.6. The molecule has 1 amide bonds. The molecule has 0 unspecified atom stereocenters. The molecule has 4 nitrogen and oxygen atoms in total. The van der Waals surface area contributed by atoms with Crippen LogP contribution in [0, 0.1) is 28.5 Å². The molecule has 1 aliphatic heterocycles. The lowest BCUT2D eigenvalue weighted by Crippen LogP contribution is -2.59. The SMILES string of the molecule is CC1(C)[C@@H]2C[C@@H]3[C@@H](c4ccc(F)c(Cl)c4)OCC[C@@]3(C2)[C@@H]1NC(=O)CCO. The van der Waals surface area contributed by atoms with Gasteiger partial charge in [0.05, 0.1) is 17.7 Å². The quantitative estimate of drug-likeness (QED) is 0.813. The molecule has 2 saturated carbocycles. The summed E-state index contributed by atoms with van der Waals surface area (Å²) in [5.74, 6) is 0.255. The number of carbonyl (C=O) groups is 1. The summed E-state index contributed by atoms with van der Waals surface area (Å²) < 4.78 is 19.8. The van der Waals surface area contributed by atoms with E-state index < -0.39 is 5.82 Å². The van der Waals surface area contributed by atoms with Gasteiger partial charge in [-0.05, 0) is 59.6 Å². The number of hydrogen-bond acceptors (Lipinski definition) is 3. The van der Waals surface area contributed by atoms with Crippen LogP contribution >= 0.6 is 11.6 Å². The zero-order valence-electron chi connectivity index (χ0n) is 15.8. The third-order valence-electron chi connectivity index (χ3n) is 7.42. The van der Waals surface area contributed by atoms with Crippen molar-refractivity contribution in [3.63, 3.8) is 0 Å². The van der Waals surface area contributed by atoms with E-state index in [9.17, 15) is 9.18 Å². The Morgan fingerprint density at radius 1 is 1.44 bits per heavy atom. The number of nitrogens with one attached hydrogen (secondary N) is 1. The van der Waals surface area contributed by atoms with Crippen molar-refractivity contribution in [2.75, 3.05) is 13.2 Å². The molecule has 0 aromatic heterocycles. The van der Waals surface area contributed by atoms with Crippen LogP contribution in [0.3, 0.4) is 0 Å². The van der Waals surface area contributed by atoms with Gasteiger partial charge in [0.2, 0.25) is 5.91 Å². The van der Waals surface area contributed by atoms with Crippen LogP contribution in [0.5, 0.6) is 0 Å². The second kappa shape index (κ2) is 6.71. The van der Waals surface area contributed by atoms with Gasteiger partial charge in [-0.2, -0.15) is 0 Å². The fraction of sp³-hybridized carbons (Fsp3) is 0.667. The molecule has 1 aromatic rings. The minimum absolute atomic E-state index is 0.00392. The van der Waals surface area contributed by atoms with E-state index in [1.165, 1.54) is 6.07 Å². The lowest BCUT2D eigenvalue weighted by atomic mass is 9.59. The molecule has 148 valence electrons. The van der Waals surface area contributed by atoms with Crippen molar-refractivity contribution in [2.45, 2.75) is 51.7 Å². The number of ether oxygens (including phenoxy) is 1. The average Bonchev–Trinajstić information content (AvgIpc) is 3.10. The van der Waals surface area contributed by atoms with Crippen LogP contribution in [-0.2, 0) is 9.53 Å². The topological polar surface area (TPSA) is 58.6 Å². The molecule has 3 aliphatic rings. The summed E-state index contributed by atoms with van der Waals surface area (Å²) >= 11 is 6.02. The third kappa shape index (κ3) is 2.90. The summed E-state index contributed by atoms with van der Waals surface area (Å²) in [5.41, 5.74) is 0.892. The highest BCUT2D eigenvalue weighted by Crippen LogP contribution is 2.70. The molecule has 1 saturated heterocycles. The van der Waals surface area contributed by atoms with Crippen LogP contribution in [0.1, 0.15) is 51.2 Å². The van der Waals surface area contributed by atoms with E-state index >= 15 is 0 Å². The molecular weight excluding hydrogens is 369 g/mol. The summed E-state index contributed by atoms with van der Waals surface area (Å²) in [6.45, 7) is 4.96. The highest BCUT2D eigenvalue weighted by Gasteiger charge is 2.68. The van der Waals surface area contributed by atoms with Gasteiger partial charge in [0, 0.05) is 19.1 Å². The molecule has 2 bridgehead atoms. The molecule has 3 fully saturated rings. The van der Waals surface area contributed by atoms with Gasteiger partial charge in [0.15, 0.2) is 0 Å². The van der Waals surface area contributed by atoms with Crippen molar-refractivity contribution in [2.24, 2.45) is 22.7 Å². The molecule has 2 aliphatic carbocycles. The Balaban J connectivity index is 1.67. The lowest BCUT2D eigenvalue weighted by Gasteiger charge is -2.53. The molecule has 6 heteroatoms. The standard InChI is InChI=1S/C21H27ClFNO3/c1-20(2)13-10-14-18(12-3-4-16(23)15(22)9-12)27-8-6-21(14,11-13)19(20)24-17(26)5-7-25/h3-4,9,13-14,18-19,25H,5-8,10-11H2,1-2H3,(H,24,26)/t13-,14-,18-,19-,21+/m1/s1. The Bertz CT molecular complexity index is 755. The van der Waals surface area contributed by atoms with Crippen molar-refractivity contribution in [1.82, 2.24) is 5.32 Å². The van der Waals surface area contributed by atoms with E-state index in [0.717, 1.165) is 24.8 Å². The Labute approximate surface area is 164 Å². The largest absolute Gasteiger partial charge is 0.396 e. The summed E-state index contributed by atoms with van der Waals surface area (Å²) in [7, 11) is 0. The Morgan fingerprint density at radius 3 is 2.93 bits per heavy atom. The van der Waals surface area contributed by atoms with E-state index in [4.69, 9.17) is 21.4 Å². The van der Waals surface area contributed by atoms with Gasteiger partial charge in [0.1, 0.15) is 5.82 Å². The van der Waals surface area contributed by atoms with E-state index in [1.807, 2.05) is 0 Å². The van der Waals surface area contributed by atoms with Crippen LogP contribution in [0.2, 0.25) is 5.02 Å². The normalized spacial score (nSPS) is 36.5. The summed E-state index contributed by atoms with van der Waals surface area (Å²) in [4.78, 5) is 12.3. The minimum atomic E-state index is -0.422. The van der Waals surface area contributed by atoms with E-state index in [2.05, 4.69) is 19.2 Å². The fourth-order valence-corrected chi connectivity index (χ4v) is 6.33. The van der Waals surface area contributed by atoms with E-state index in [1.54, 1.807) is 12.1 Å². The first-order valence-electron chi connectivity index (χ1n) is 9.76. The van der Waals surface area contributed by atoms with Gasteiger partial charge >= 0.3 is 0 Å². The highest BCUT2D eigenvalue weighted by atomic mass is 35.5. The summed E-state index contributed by atoms with van der Waals surface area (Å²) in [6.07, 6.45) is 3.02. The maximum absolute atomic E-state index is 13.6. The predicted octanol–water partition coefficient (Wildman–Crippen LogP) is 3.86. The Hall–Kier alpha value is -1.17. The lowest BCUT2D eigenvalue weighted by molar-refractivity contribution is -0.137. The molecule has 1 aromatic carbocycles. The van der Waals surface area contributed by atoms with Crippen LogP contribution in [0.25, 0.3) is 0 Å². The number of benzene rings is 1. The number of carbonyl (C=O) groups excluding carboxylic acids is 1. The number of halogens is 2. The Morgan fingerprint density at radius 2 is 2.22 bits per heavy atom. The molecule has 1 spiro atoms. The zero-order valence-corrected chi connectivity index (χ0v) is 16.6. The second-order valence-electron chi connectivity index (χ2n) is 8.99. The van der Waals surface area contributed by atoms with Gasteiger partial charge in [-0.3, -0.25) is 4.79 Å². The number of aliphatic hydroxyl groups excluding tert-OH is 1. The van der Waals surface area contributed by atoms with E-state index in [0.29, 0.717) is 12.5 Å². The van der Waals surface area contributed by atoms with Crippen molar-refractivity contribution in [3.8, 4) is 0 Å². The molecule has 27 heavy (non-hydrogen) atoms. The highest BCUT2D eigenvalue weighted by molar-refractivity contribution is 6.30. The number of amides is 1. The molecule has 5 atom stereocenters. The fourth-order valence-electron chi connectivity index (χ4n) is 6.14. The van der Waals surface area contributed by atoms with Crippen LogP contribution in [0.15, 0.2) is 18.2 Å². The summed E-state index contributed by atoms with van der Waals surface area (Å²) in [6, 6.07) is 4.90. The number of aliphatic hydroxyl groups is 1. The molecule has 2 N–H and O–H groups in total. The van der Waals surface area contributed by atoms with Crippen molar-refractivity contribution in [1.29, 1.82) is 0 Å². The van der Waals surface area contributed by atoms with Crippen molar-refractivity contribution in [3.05, 3.63) is 34.6 Å². The monoisotopic (exact) mass is 395 g/mol. The van der Waals surface area contributed by atoms with Gasteiger partial charge in [-0.15, -0.1) is 0 Å². The predicted molar refractivity (Wildman–Crippen MR) is 101 cm³/mol. The third-order valence-corrected chi connectivity index (χ3v) is 7.71. The number of fused-ring (bicyclic) bond motifs is 1. The van der Waals surface area contributed by atoms with E-state index in [-0.39, 0.29) is 52.9 Å². The van der Waals surface area contributed by atoms with Crippen molar-refractivity contribution < 1.29 is 19.0 Å². The molecule has 4 rings (SSSR count). The number of hydrogen-bond donors (Lipinski definition) is 2. The van der Waals surface area contributed by atoms with Crippen LogP contribution < -0.4 is 5.32 Å². The van der Waals surface area contributed by atoms with Gasteiger partial charge in [0.25, 0.3) is 0 Å². The zero-order chi connectivity index (χ0) is 19.4. The minimum Gasteiger partial charge on any atom is -0.396 e. The number of rotatable bonds is 4. The first-order valence-corrected chi connectivity index (χ1v) is 10.1. The maximum Gasteiger partial charge on any atom is 0.222 e. The van der Waals surface area contributed by atoms with Gasteiger partial charge in [-0.25, -0.2) is 4.39 Å². The van der Waals surface area contributed by atoms with Crippen molar-refractivity contribution >= 4 is 17.5 Å². The summed E-state index contributed by atoms with van der Waals surface area (Å²) in [5, 5.41) is 12.5. The van der Waals surface area contributed by atoms with Gasteiger partial charge < -0.3 is 15.2 Å². The molecular formula is C21H27ClFNO3. The van der Waals surface area contributed by atoms with Crippen LogP contribution in [0.4, 0.5) is 4.39 Å².